The maximum absolute atomic E-state index is 10.1. The smallest absolute Gasteiger partial charge is 0.317 e. The molecule has 4 nitrogen and oxygen atoms in total. The molecule has 12 heavy (non-hydrogen) atoms. The molecule has 0 radical (unpaired) electrons. The highest BCUT2D eigenvalue weighted by Crippen LogP contribution is 1.90. The Morgan fingerprint density at radius 3 is 3.00 bits per heavy atom. The van der Waals surface area contributed by atoms with E-state index in [1.165, 1.54) is 0 Å². The van der Waals surface area contributed by atoms with Crippen molar-refractivity contribution in [1.82, 2.24) is 10.3 Å². The first-order valence-corrected chi connectivity index (χ1v) is 3.61. The van der Waals surface area contributed by atoms with Gasteiger partial charge in [-0.2, -0.15) is 0 Å². The van der Waals surface area contributed by atoms with Gasteiger partial charge in [0.2, 0.25) is 0 Å². The van der Waals surface area contributed by atoms with E-state index in [0.29, 0.717) is 6.54 Å². The maximum atomic E-state index is 10.1. The van der Waals surface area contributed by atoms with Crippen molar-refractivity contribution in [3.8, 4) is 0 Å². The Bertz CT molecular complexity index is 248. The van der Waals surface area contributed by atoms with Gasteiger partial charge in [0.25, 0.3) is 0 Å². The van der Waals surface area contributed by atoms with Gasteiger partial charge in [-0.1, -0.05) is 6.07 Å². The Balaban J connectivity index is 2.29. The second-order valence-electron chi connectivity index (χ2n) is 2.32. The fraction of sp³-hybridized carbons (Fsp3) is 0.250. The zero-order valence-corrected chi connectivity index (χ0v) is 6.53. The van der Waals surface area contributed by atoms with Gasteiger partial charge in [-0.05, 0) is 12.1 Å². The van der Waals surface area contributed by atoms with E-state index in [1.54, 1.807) is 6.20 Å². The third-order valence-electron chi connectivity index (χ3n) is 1.31. The topological polar surface area (TPSA) is 62.2 Å². The summed E-state index contributed by atoms with van der Waals surface area (Å²) in [7, 11) is 0. The molecule has 1 aromatic rings. The first-order chi connectivity index (χ1) is 5.79. The van der Waals surface area contributed by atoms with E-state index in [1.807, 2.05) is 18.2 Å². The van der Waals surface area contributed by atoms with E-state index in [4.69, 9.17) is 5.11 Å². The number of hydrogen-bond donors (Lipinski definition) is 2. The molecule has 0 atom stereocenters. The fourth-order valence-corrected chi connectivity index (χ4v) is 0.800. The lowest BCUT2D eigenvalue weighted by Gasteiger charge is -1.99. The van der Waals surface area contributed by atoms with Gasteiger partial charge in [0.05, 0.1) is 12.2 Å². The summed E-state index contributed by atoms with van der Waals surface area (Å²) in [4.78, 5) is 14.1. The van der Waals surface area contributed by atoms with Crippen molar-refractivity contribution in [3.63, 3.8) is 0 Å². The largest absolute Gasteiger partial charge is 0.480 e. The Hall–Kier alpha value is -1.42. The van der Waals surface area contributed by atoms with E-state index in [9.17, 15) is 4.79 Å². The van der Waals surface area contributed by atoms with Crippen LogP contribution in [0, 0.1) is 0 Å². The molecular weight excluding hydrogens is 156 g/mol. The molecule has 64 valence electrons. The van der Waals surface area contributed by atoms with Crippen LogP contribution in [-0.2, 0) is 11.3 Å². The summed E-state index contributed by atoms with van der Waals surface area (Å²) in [6, 6.07) is 5.53. The Labute approximate surface area is 70.3 Å². The summed E-state index contributed by atoms with van der Waals surface area (Å²) in [5.41, 5.74) is 0.846. The summed E-state index contributed by atoms with van der Waals surface area (Å²) >= 11 is 0. The SMILES string of the molecule is O=C(O)CNCc1ccccn1. The lowest BCUT2D eigenvalue weighted by molar-refractivity contribution is -0.135. The lowest BCUT2D eigenvalue weighted by Crippen LogP contribution is -2.22. The van der Waals surface area contributed by atoms with Crippen LogP contribution in [0.25, 0.3) is 0 Å². The summed E-state index contributed by atoms with van der Waals surface area (Å²) in [5, 5.41) is 11.0. The van der Waals surface area contributed by atoms with Gasteiger partial charge in [0.1, 0.15) is 0 Å². The highest BCUT2D eigenvalue weighted by molar-refractivity contribution is 5.68. The van der Waals surface area contributed by atoms with Crippen LogP contribution in [0.2, 0.25) is 0 Å². The van der Waals surface area contributed by atoms with Gasteiger partial charge in [0.15, 0.2) is 0 Å². The first-order valence-electron chi connectivity index (χ1n) is 3.61. The normalized spacial score (nSPS) is 9.67. The molecule has 1 aromatic heterocycles. The molecule has 0 aliphatic rings. The molecule has 0 bridgehead atoms. The number of hydrogen-bond acceptors (Lipinski definition) is 3. The molecule has 0 aliphatic carbocycles. The number of pyridine rings is 1. The van der Waals surface area contributed by atoms with Gasteiger partial charge in [-0.25, -0.2) is 0 Å². The number of aliphatic carboxylic acids is 1. The number of carbonyl (C=O) groups is 1. The third kappa shape index (κ3) is 3.12. The molecule has 4 heteroatoms. The second kappa shape index (κ2) is 4.46. The molecule has 0 spiro atoms. The molecule has 0 amide bonds. The molecule has 1 rings (SSSR count). The van der Waals surface area contributed by atoms with Crippen LogP contribution < -0.4 is 5.32 Å². The van der Waals surface area contributed by atoms with Crippen LogP contribution in [0.5, 0.6) is 0 Å². The quantitative estimate of drug-likeness (QED) is 0.673. The van der Waals surface area contributed by atoms with Crippen molar-refractivity contribution in [1.29, 1.82) is 0 Å². The van der Waals surface area contributed by atoms with Crippen molar-refractivity contribution in [2.24, 2.45) is 0 Å². The van der Waals surface area contributed by atoms with Gasteiger partial charge >= 0.3 is 5.97 Å². The van der Waals surface area contributed by atoms with E-state index >= 15 is 0 Å². The van der Waals surface area contributed by atoms with Gasteiger partial charge < -0.3 is 10.4 Å². The minimum absolute atomic E-state index is 0.0312. The van der Waals surface area contributed by atoms with Crippen LogP contribution >= 0.6 is 0 Å². The molecule has 0 unspecified atom stereocenters. The third-order valence-corrected chi connectivity index (χ3v) is 1.31. The number of rotatable bonds is 4. The molecular formula is C8H10N2O2. The zero-order chi connectivity index (χ0) is 8.81. The fourth-order valence-electron chi connectivity index (χ4n) is 0.800. The van der Waals surface area contributed by atoms with Gasteiger partial charge in [-0.15, -0.1) is 0 Å². The number of nitrogens with zero attached hydrogens (tertiary/aromatic N) is 1. The van der Waals surface area contributed by atoms with Crippen molar-refractivity contribution >= 4 is 5.97 Å². The van der Waals surface area contributed by atoms with E-state index in [-0.39, 0.29) is 6.54 Å². The van der Waals surface area contributed by atoms with Crippen LogP contribution in [0.4, 0.5) is 0 Å². The van der Waals surface area contributed by atoms with Crippen molar-refractivity contribution in [3.05, 3.63) is 30.1 Å². The molecule has 0 fully saturated rings. The first kappa shape index (κ1) is 8.67. The van der Waals surface area contributed by atoms with Crippen molar-refractivity contribution in [2.45, 2.75) is 6.54 Å². The predicted octanol–water partition coefficient (Wildman–Crippen LogP) is 0.256. The average molecular weight is 166 g/mol. The average Bonchev–Trinajstić information content (AvgIpc) is 2.05. The summed E-state index contributed by atoms with van der Waals surface area (Å²) < 4.78 is 0. The van der Waals surface area contributed by atoms with Crippen molar-refractivity contribution < 1.29 is 9.90 Å². The van der Waals surface area contributed by atoms with E-state index in [2.05, 4.69) is 10.3 Å². The number of nitrogens with one attached hydrogen (secondary N) is 1. The summed E-state index contributed by atoms with van der Waals surface area (Å²) in [6.07, 6.45) is 1.68. The van der Waals surface area contributed by atoms with Crippen LogP contribution in [0.3, 0.4) is 0 Å². The molecule has 2 N–H and O–H groups in total. The van der Waals surface area contributed by atoms with Crippen LogP contribution in [0.15, 0.2) is 24.4 Å². The monoisotopic (exact) mass is 166 g/mol. The Kier molecular flexibility index (Phi) is 3.22. The maximum Gasteiger partial charge on any atom is 0.317 e. The molecule has 0 saturated heterocycles. The predicted molar refractivity (Wildman–Crippen MR) is 43.6 cm³/mol. The highest BCUT2D eigenvalue weighted by Gasteiger charge is 1.95. The van der Waals surface area contributed by atoms with E-state index < -0.39 is 5.97 Å². The number of carboxylic acids is 1. The molecule has 0 aromatic carbocycles. The standard InChI is InChI=1S/C8H10N2O2/c11-8(12)6-9-5-7-3-1-2-4-10-7/h1-4,9H,5-6H2,(H,11,12). The zero-order valence-electron chi connectivity index (χ0n) is 6.53. The number of aromatic nitrogens is 1. The summed E-state index contributed by atoms with van der Waals surface area (Å²) in [6.45, 7) is 0.462. The Morgan fingerprint density at radius 1 is 1.58 bits per heavy atom. The van der Waals surface area contributed by atoms with Crippen molar-refractivity contribution in [2.75, 3.05) is 6.54 Å². The van der Waals surface area contributed by atoms with E-state index in [0.717, 1.165) is 5.69 Å². The molecule has 0 aliphatic heterocycles. The number of carboxylic acid groups (broad SMARTS) is 1. The Morgan fingerprint density at radius 2 is 2.42 bits per heavy atom. The van der Waals surface area contributed by atoms with Crippen LogP contribution in [0.1, 0.15) is 5.69 Å². The second-order valence-corrected chi connectivity index (χ2v) is 2.32. The highest BCUT2D eigenvalue weighted by atomic mass is 16.4. The molecule has 0 saturated carbocycles. The minimum atomic E-state index is -0.856. The minimum Gasteiger partial charge on any atom is -0.480 e. The molecule has 1 heterocycles. The van der Waals surface area contributed by atoms with Crippen LogP contribution in [-0.4, -0.2) is 22.6 Å². The van der Waals surface area contributed by atoms with Gasteiger partial charge in [-0.3, -0.25) is 9.78 Å². The van der Waals surface area contributed by atoms with Gasteiger partial charge in [0, 0.05) is 12.7 Å². The lowest BCUT2D eigenvalue weighted by atomic mass is 10.3. The summed E-state index contributed by atoms with van der Waals surface area (Å²) in [5.74, 6) is -0.856.